The molecule has 0 aliphatic carbocycles. The zero-order chi connectivity index (χ0) is 16.0. The highest BCUT2D eigenvalue weighted by molar-refractivity contribution is 6.35. The summed E-state index contributed by atoms with van der Waals surface area (Å²) < 4.78 is 13.2. The first-order valence-corrected chi connectivity index (χ1v) is 6.38. The van der Waals surface area contributed by atoms with E-state index in [4.69, 9.17) is 33.4 Å². The lowest BCUT2D eigenvalue weighted by atomic mass is 10.2. The predicted octanol–water partition coefficient (Wildman–Crippen LogP) is 2.88. The van der Waals surface area contributed by atoms with Crippen LogP contribution in [0.2, 0.25) is 10.0 Å². The Morgan fingerprint density at radius 3 is 2.29 bits per heavy atom. The van der Waals surface area contributed by atoms with Crippen molar-refractivity contribution in [3.63, 3.8) is 0 Å². The van der Waals surface area contributed by atoms with Gasteiger partial charge in [0.25, 0.3) is 0 Å². The van der Waals surface area contributed by atoms with Crippen molar-refractivity contribution >= 4 is 40.8 Å². The van der Waals surface area contributed by atoms with E-state index in [9.17, 15) is 14.0 Å². The highest BCUT2D eigenvalue weighted by atomic mass is 35.5. The zero-order valence-corrected chi connectivity index (χ0v) is 12.0. The van der Waals surface area contributed by atoms with Gasteiger partial charge in [0.05, 0.1) is 15.7 Å². The van der Waals surface area contributed by atoms with Crippen LogP contribution in [0.5, 0.6) is 0 Å². The van der Waals surface area contributed by atoms with Gasteiger partial charge in [0.15, 0.2) is 5.82 Å². The van der Waals surface area contributed by atoms with Crippen molar-refractivity contribution in [1.29, 1.82) is 0 Å². The van der Waals surface area contributed by atoms with E-state index in [0.717, 1.165) is 0 Å². The molecule has 1 aromatic carbocycles. The van der Waals surface area contributed by atoms with Crippen LogP contribution >= 0.6 is 23.2 Å². The maximum atomic E-state index is 13.2. The van der Waals surface area contributed by atoms with E-state index in [-0.39, 0.29) is 34.3 Å². The topological polar surface area (TPSA) is 98.7 Å². The number of aliphatic carboxylic acids is 2. The van der Waals surface area contributed by atoms with E-state index in [0.29, 0.717) is 0 Å². The second-order valence-corrected chi connectivity index (χ2v) is 4.67. The molecule has 0 atom stereocenters. The molecule has 9 heteroatoms. The minimum Gasteiger partial charge on any atom is -0.481 e. The number of hydrogen-bond donors (Lipinski definition) is 4. The molecular weight excluding hydrogens is 326 g/mol. The van der Waals surface area contributed by atoms with Crippen molar-refractivity contribution in [2.75, 3.05) is 5.43 Å². The number of rotatable bonds is 7. The molecule has 0 aromatic heterocycles. The minimum atomic E-state index is -1.29. The average molecular weight is 337 g/mol. The smallest absolute Gasteiger partial charge is 0.353 e. The highest BCUT2D eigenvalue weighted by Crippen LogP contribution is 2.26. The van der Waals surface area contributed by atoms with Gasteiger partial charge in [-0.2, -0.15) is 0 Å². The second-order valence-electron chi connectivity index (χ2n) is 3.86. The molecule has 1 rings (SSSR count). The van der Waals surface area contributed by atoms with Crippen LogP contribution in [0.4, 0.5) is 10.1 Å². The molecule has 114 valence electrons. The van der Waals surface area contributed by atoms with Crippen LogP contribution in [0.1, 0.15) is 12.8 Å². The van der Waals surface area contributed by atoms with E-state index in [1.807, 2.05) is 0 Å². The molecule has 0 bridgehead atoms. The molecule has 0 saturated heterocycles. The van der Waals surface area contributed by atoms with Crippen LogP contribution in [-0.2, 0) is 9.59 Å². The molecule has 0 aliphatic rings. The summed E-state index contributed by atoms with van der Waals surface area (Å²) >= 11 is 11.2. The number of carbonyl (C=O) groups is 2. The summed E-state index contributed by atoms with van der Waals surface area (Å²) in [4.78, 5) is 21.3. The van der Waals surface area contributed by atoms with Crippen molar-refractivity contribution in [1.82, 2.24) is 5.43 Å². The molecule has 21 heavy (non-hydrogen) atoms. The zero-order valence-electron chi connectivity index (χ0n) is 10.5. The fourth-order valence-corrected chi connectivity index (χ4v) is 1.79. The Morgan fingerprint density at radius 2 is 1.81 bits per heavy atom. The Morgan fingerprint density at radius 1 is 1.24 bits per heavy atom. The monoisotopic (exact) mass is 336 g/mol. The number of carboxylic acids is 2. The molecule has 0 aliphatic heterocycles. The van der Waals surface area contributed by atoms with Gasteiger partial charge < -0.3 is 15.6 Å². The van der Waals surface area contributed by atoms with Gasteiger partial charge in [-0.1, -0.05) is 29.3 Å². The summed E-state index contributed by atoms with van der Waals surface area (Å²) in [6.07, 6.45) is 1.04. The highest BCUT2D eigenvalue weighted by Gasteiger charge is 2.10. The van der Waals surface area contributed by atoms with Crippen molar-refractivity contribution < 1.29 is 24.2 Å². The molecule has 1 aromatic rings. The van der Waals surface area contributed by atoms with Gasteiger partial charge in [-0.25, -0.2) is 9.18 Å². The van der Waals surface area contributed by atoms with Gasteiger partial charge in [-0.3, -0.25) is 10.2 Å². The Kier molecular flexibility index (Phi) is 6.26. The number of carboxylic acid groups (broad SMARTS) is 2. The molecule has 0 radical (unpaired) electrons. The van der Waals surface area contributed by atoms with E-state index >= 15 is 0 Å². The summed E-state index contributed by atoms with van der Waals surface area (Å²) in [7, 11) is 0. The van der Waals surface area contributed by atoms with Crippen molar-refractivity contribution in [2.45, 2.75) is 12.8 Å². The van der Waals surface area contributed by atoms with Gasteiger partial charge in [0.1, 0.15) is 5.70 Å². The standard InChI is InChI=1S/C12H11Cl2FN2O4/c13-7-4-6(5-8(14)11(7)15)16-17-9(12(20)21)2-1-3-10(18)19/h2,4-5,16-17H,1,3H2,(H,18,19)(H,20,21)/b9-2-. The third-order valence-electron chi connectivity index (χ3n) is 2.26. The third kappa shape index (κ3) is 5.49. The van der Waals surface area contributed by atoms with Crippen LogP contribution in [0.25, 0.3) is 0 Å². The molecule has 6 nitrogen and oxygen atoms in total. The Hall–Kier alpha value is -1.99. The van der Waals surface area contributed by atoms with Crippen molar-refractivity contribution in [3.05, 3.63) is 39.8 Å². The largest absolute Gasteiger partial charge is 0.481 e. The molecule has 0 heterocycles. The van der Waals surface area contributed by atoms with E-state index < -0.39 is 17.8 Å². The third-order valence-corrected chi connectivity index (χ3v) is 2.81. The van der Waals surface area contributed by atoms with Crippen LogP contribution < -0.4 is 10.9 Å². The first-order valence-electron chi connectivity index (χ1n) is 5.63. The van der Waals surface area contributed by atoms with Crippen LogP contribution in [-0.4, -0.2) is 22.2 Å². The van der Waals surface area contributed by atoms with Gasteiger partial charge in [0, 0.05) is 6.42 Å². The number of benzene rings is 1. The lowest BCUT2D eigenvalue weighted by molar-refractivity contribution is -0.137. The molecule has 4 N–H and O–H groups in total. The first-order chi connectivity index (χ1) is 9.81. The molecule has 0 amide bonds. The van der Waals surface area contributed by atoms with Crippen LogP contribution in [0, 0.1) is 5.82 Å². The molecule has 0 spiro atoms. The molecule has 0 fully saturated rings. The number of allylic oxidation sites excluding steroid dienone is 1. The van der Waals surface area contributed by atoms with Gasteiger partial charge >= 0.3 is 11.9 Å². The summed E-state index contributed by atoms with van der Waals surface area (Å²) in [5, 5.41) is 17.0. The quantitative estimate of drug-likeness (QED) is 0.347. The Balaban J connectivity index is 2.74. The van der Waals surface area contributed by atoms with E-state index in [1.165, 1.54) is 18.2 Å². The minimum absolute atomic E-state index is 0.0383. The lowest BCUT2D eigenvalue weighted by Crippen LogP contribution is -2.26. The van der Waals surface area contributed by atoms with Crippen molar-refractivity contribution in [3.8, 4) is 0 Å². The fourth-order valence-electron chi connectivity index (χ4n) is 1.30. The van der Waals surface area contributed by atoms with Crippen molar-refractivity contribution in [2.24, 2.45) is 0 Å². The molecular formula is C12H11Cl2FN2O4. The maximum Gasteiger partial charge on any atom is 0.353 e. The van der Waals surface area contributed by atoms with Gasteiger partial charge in [-0.15, -0.1) is 0 Å². The Labute approximate surface area is 129 Å². The second kappa shape index (κ2) is 7.70. The summed E-state index contributed by atoms with van der Waals surface area (Å²) in [5.41, 5.74) is 4.84. The molecule has 0 unspecified atom stereocenters. The fraction of sp³-hybridized carbons (Fsp3) is 0.167. The SMILES string of the molecule is O=C(O)CC/C=C(\NNc1cc(Cl)c(F)c(Cl)c1)C(=O)O. The summed E-state index contributed by atoms with van der Waals surface area (Å²) in [6, 6.07) is 2.43. The summed E-state index contributed by atoms with van der Waals surface area (Å²) in [6.45, 7) is 0. The van der Waals surface area contributed by atoms with Gasteiger partial charge in [0.2, 0.25) is 0 Å². The van der Waals surface area contributed by atoms with Crippen LogP contribution in [0.3, 0.4) is 0 Å². The average Bonchev–Trinajstić information content (AvgIpc) is 2.38. The number of hydrazine groups is 1. The van der Waals surface area contributed by atoms with Crippen LogP contribution in [0.15, 0.2) is 23.9 Å². The maximum absolute atomic E-state index is 13.2. The number of nitrogens with one attached hydrogen (secondary N) is 2. The Bertz CT molecular complexity index is 570. The predicted molar refractivity (Wildman–Crippen MR) is 75.8 cm³/mol. The number of anilines is 1. The number of hydrogen-bond acceptors (Lipinski definition) is 4. The first kappa shape index (κ1) is 17.1. The van der Waals surface area contributed by atoms with Gasteiger partial charge in [-0.05, 0) is 18.6 Å². The number of halogens is 3. The lowest BCUT2D eigenvalue weighted by Gasteiger charge is -2.11. The normalized spacial score (nSPS) is 11.1. The van der Waals surface area contributed by atoms with E-state index in [2.05, 4.69) is 10.9 Å². The summed E-state index contributed by atoms with van der Waals surface area (Å²) in [5.74, 6) is -3.10. The van der Waals surface area contributed by atoms with E-state index in [1.54, 1.807) is 0 Å². The molecule has 0 saturated carbocycles.